The second-order valence-corrected chi connectivity index (χ2v) is 9.58. The molecule has 1 saturated heterocycles. The molecule has 2 saturated carbocycles. The van der Waals surface area contributed by atoms with Crippen LogP contribution in [-0.2, 0) is 20.9 Å². The van der Waals surface area contributed by atoms with Gasteiger partial charge in [-0.1, -0.05) is 56.0 Å². The predicted octanol–water partition coefficient (Wildman–Crippen LogP) is 4.06. The van der Waals surface area contributed by atoms with Crippen LogP contribution in [0.1, 0.15) is 69.8 Å². The first-order valence-corrected chi connectivity index (χ1v) is 11.8. The fourth-order valence-electron chi connectivity index (χ4n) is 5.90. The molecule has 1 aromatic rings. The Kier molecular flexibility index (Phi) is 7.08. The van der Waals surface area contributed by atoms with Crippen LogP contribution in [0.15, 0.2) is 30.3 Å². The zero-order valence-corrected chi connectivity index (χ0v) is 18.1. The minimum absolute atomic E-state index is 0.0532. The van der Waals surface area contributed by atoms with E-state index in [4.69, 9.17) is 4.74 Å². The predicted molar refractivity (Wildman–Crippen MR) is 117 cm³/mol. The molecular weight excluding hydrogens is 376 g/mol. The lowest BCUT2D eigenvalue weighted by Gasteiger charge is -2.47. The van der Waals surface area contributed by atoms with Crippen molar-refractivity contribution in [1.82, 2.24) is 10.2 Å². The molecule has 5 heteroatoms. The van der Waals surface area contributed by atoms with Crippen LogP contribution >= 0.6 is 0 Å². The average molecular weight is 413 g/mol. The van der Waals surface area contributed by atoms with Crippen LogP contribution in [0.4, 0.5) is 0 Å². The van der Waals surface area contributed by atoms with Gasteiger partial charge in [-0.15, -0.1) is 0 Å². The molecule has 0 spiro atoms. The van der Waals surface area contributed by atoms with E-state index in [1.54, 1.807) is 0 Å². The van der Waals surface area contributed by atoms with Gasteiger partial charge >= 0.3 is 0 Å². The number of carbonyl (C=O) groups excluding carboxylic acids is 2. The summed E-state index contributed by atoms with van der Waals surface area (Å²) in [5.41, 5.74) is 1.13. The van der Waals surface area contributed by atoms with E-state index in [0.29, 0.717) is 37.4 Å². The average Bonchev–Trinajstić information content (AvgIpc) is 3.21. The highest BCUT2D eigenvalue weighted by atomic mass is 16.5. The fourth-order valence-corrected chi connectivity index (χ4v) is 5.90. The number of nitrogens with zero attached hydrogens (tertiary/aromatic N) is 1. The molecule has 2 atom stereocenters. The summed E-state index contributed by atoms with van der Waals surface area (Å²) in [5.74, 6) is 0.947. The summed E-state index contributed by atoms with van der Waals surface area (Å²) >= 11 is 0. The zero-order valence-electron chi connectivity index (χ0n) is 18.1. The highest BCUT2D eigenvalue weighted by Gasteiger charge is 2.50. The largest absolute Gasteiger partial charge is 0.367 e. The quantitative estimate of drug-likeness (QED) is 0.700. The first kappa shape index (κ1) is 21.4. The molecule has 2 amide bonds. The first-order chi connectivity index (χ1) is 14.7. The number of amides is 2. The van der Waals surface area contributed by atoms with Gasteiger partial charge in [0.05, 0.1) is 6.61 Å². The molecule has 3 fully saturated rings. The molecule has 1 aromatic carbocycles. The van der Waals surface area contributed by atoms with Crippen molar-refractivity contribution in [1.29, 1.82) is 0 Å². The molecule has 0 radical (unpaired) electrons. The third-order valence-electron chi connectivity index (χ3n) is 7.55. The molecule has 164 valence electrons. The Morgan fingerprint density at radius 1 is 1.07 bits per heavy atom. The second kappa shape index (κ2) is 9.95. The third kappa shape index (κ3) is 5.05. The second-order valence-electron chi connectivity index (χ2n) is 9.58. The minimum atomic E-state index is -0.0540. The topological polar surface area (TPSA) is 58.6 Å². The van der Waals surface area contributed by atoms with Crippen molar-refractivity contribution in [2.75, 3.05) is 19.7 Å². The van der Waals surface area contributed by atoms with Crippen molar-refractivity contribution in [2.45, 2.75) is 76.9 Å². The third-order valence-corrected chi connectivity index (χ3v) is 7.55. The fraction of sp³-hybridized carbons (Fsp3) is 0.680. The minimum Gasteiger partial charge on any atom is -0.367 e. The van der Waals surface area contributed by atoms with Crippen LogP contribution in [-0.4, -0.2) is 42.5 Å². The summed E-state index contributed by atoms with van der Waals surface area (Å²) in [6, 6.07) is 10.2. The molecule has 4 rings (SSSR count). The number of piperidine rings is 1. The number of carbonyl (C=O) groups is 2. The van der Waals surface area contributed by atoms with Gasteiger partial charge in [0.15, 0.2) is 0 Å². The summed E-state index contributed by atoms with van der Waals surface area (Å²) in [6.45, 7) is 2.13. The summed E-state index contributed by atoms with van der Waals surface area (Å²) in [5, 5.41) is 3.14. The highest BCUT2D eigenvalue weighted by molar-refractivity contribution is 5.79. The monoisotopic (exact) mass is 412 g/mol. The highest BCUT2D eigenvalue weighted by Crippen LogP contribution is 2.48. The van der Waals surface area contributed by atoms with Gasteiger partial charge in [0.25, 0.3) is 0 Å². The Morgan fingerprint density at radius 2 is 1.87 bits per heavy atom. The van der Waals surface area contributed by atoms with E-state index in [9.17, 15) is 9.59 Å². The van der Waals surface area contributed by atoms with E-state index in [1.165, 1.54) is 32.1 Å². The molecule has 0 bridgehead atoms. The van der Waals surface area contributed by atoms with Crippen LogP contribution in [0, 0.1) is 11.3 Å². The molecular formula is C25H36N2O3. The van der Waals surface area contributed by atoms with E-state index in [1.807, 2.05) is 30.3 Å². The number of hydrogen-bond acceptors (Lipinski definition) is 3. The van der Waals surface area contributed by atoms with E-state index < -0.39 is 0 Å². The summed E-state index contributed by atoms with van der Waals surface area (Å²) in [6.07, 6.45) is 11.4. The Balaban J connectivity index is 1.29. The lowest BCUT2D eigenvalue weighted by atomic mass is 9.74. The molecule has 1 aliphatic heterocycles. The SMILES string of the molecule is O=C(COCc1ccccc1)NC[C@@]12CCC[C@H]1N(CC1CCCCC1)C(=O)CC2. The first-order valence-electron chi connectivity index (χ1n) is 11.8. The van der Waals surface area contributed by atoms with E-state index in [0.717, 1.165) is 37.8 Å². The van der Waals surface area contributed by atoms with Crippen molar-refractivity contribution in [3.8, 4) is 0 Å². The summed E-state index contributed by atoms with van der Waals surface area (Å²) in [4.78, 5) is 27.4. The Morgan fingerprint density at radius 3 is 2.67 bits per heavy atom. The summed E-state index contributed by atoms with van der Waals surface area (Å²) in [7, 11) is 0. The molecule has 3 aliphatic rings. The van der Waals surface area contributed by atoms with Crippen molar-refractivity contribution < 1.29 is 14.3 Å². The van der Waals surface area contributed by atoms with E-state index in [2.05, 4.69) is 10.2 Å². The van der Waals surface area contributed by atoms with Crippen LogP contribution in [0.5, 0.6) is 0 Å². The van der Waals surface area contributed by atoms with Crippen LogP contribution in [0.2, 0.25) is 0 Å². The number of likely N-dealkylation sites (tertiary alicyclic amines) is 1. The lowest BCUT2D eigenvalue weighted by Crippen LogP contribution is -2.57. The van der Waals surface area contributed by atoms with Crippen molar-refractivity contribution >= 4 is 11.8 Å². The number of benzene rings is 1. The normalized spacial score (nSPS) is 27.1. The van der Waals surface area contributed by atoms with Gasteiger partial charge in [0, 0.05) is 31.0 Å². The molecule has 30 heavy (non-hydrogen) atoms. The van der Waals surface area contributed by atoms with Crippen LogP contribution in [0.3, 0.4) is 0 Å². The number of hydrogen-bond donors (Lipinski definition) is 1. The molecule has 2 aliphatic carbocycles. The molecule has 5 nitrogen and oxygen atoms in total. The summed E-state index contributed by atoms with van der Waals surface area (Å²) < 4.78 is 5.59. The maximum absolute atomic E-state index is 12.8. The Bertz CT molecular complexity index is 716. The molecule has 0 unspecified atom stereocenters. The van der Waals surface area contributed by atoms with E-state index in [-0.39, 0.29) is 17.9 Å². The number of nitrogens with one attached hydrogen (secondary N) is 1. The Hall–Kier alpha value is -1.88. The van der Waals surface area contributed by atoms with Gasteiger partial charge in [0.2, 0.25) is 11.8 Å². The Labute approximate surface area is 180 Å². The van der Waals surface area contributed by atoms with Crippen LogP contribution in [0.25, 0.3) is 0 Å². The van der Waals surface area contributed by atoms with Gasteiger partial charge < -0.3 is 15.0 Å². The lowest BCUT2D eigenvalue weighted by molar-refractivity contribution is -0.143. The number of ether oxygens (including phenoxy) is 1. The molecule has 0 aromatic heterocycles. The zero-order chi connectivity index (χ0) is 20.8. The van der Waals surface area contributed by atoms with Gasteiger partial charge in [-0.3, -0.25) is 9.59 Å². The molecule has 1 N–H and O–H groups in total. The van der Waals surface area contributed by atoms with E-state index >= 15 is 0 Å². The standard InChI is InChI=1S/C25H36N2O3/c28-23(18-30-17-21-10-5-2-6-11-21)26-19-25-14-7-12-22(25)27(24(29)13-15-25)16-20-8-3-1-4-9-20/h2,5-6,10-11,20,22H,1,3-4,7-9,12-19H2,(H,26,28)/t22-,25+/m1/s1. The maximum Gasteiger partial charge on any atom is 0.246 e. The van der Waals surface area contributed by atoms with Crippen molar-refractivity contribution in [2.24, 2.45) is 11.3 Å². The van der Waals surface area contributed by atoms with Crippen LogP contribution < -0.4 is 5.32 Å². The van der Waals surface area contributed by atoms with Gasteiger partial charge in [-0.25, -0.2) is 0 Å². The number of rotatable bonds is 8. The van der Waals surface area contributed by atoms with Crippen molar-refractivity contribution in [3.63, 3.8) is 0 Å². The van der Waals surface area contributed by atoms with Crippen molar-refractivity contribution in [3.05, 3.63) is 35.9 Å². The maximum atomic E-state index is 12.8. The molecule has 1 heterocycles. The van der Waals surface area contributed by atoms with Gasteiger partial charge in [-0.05, 0) is 43.6 Å². The van der Waals surface area contributed by atoms with Gasteiger partial charge in [0.1, 0.15) is 6.61 Å². The smallest absolute Gasteiger partial charge is 0.246 e. The number of fused-ring (bicyclic) bond motifs is 1. The van der Waals surface area contributed by atoms with Gasteiger partial charge in [-0.2, -0.15) is 0 Å².